The van der Waals surface area contributed by atoms with Gasteiger partial charge in [0.1, 0.15) is 11.5 Å². The molecule has 1 unspecified atom stereocenters. The van der Waals surface area contributed by atoms with Gasteiger partial charge in [0.25, 0.3) is 0 Å². The van der Waals surface area contributed by atoms with Gasteiger partial charge < -0.3 is 14.8 Å². The summed E-state index contributed by atoms with van der Waals surface area (Å²) >= 11 is 0. The van der Waals surface area contributed by atoms with Gasteiger partial charge >= 0.3 is 0 Å². The second-order valence-corrected chi connectivity index (χ2v) is 4.54. The minimum absolute atomic E-state index is 0.261. The van der Waals surface area contributed by atoms with Gasteiger partial charge in [-0.15, -0.1) is 0 Å². The second-order valence-electron chi connectivity index (χ2n) is 4.54. The van der Waals surface area contributed by atoms with Crippen molar-refractivity contribution >= 4 is 0 Å². The lowest BCUT2D eigenvalue weighted by Crippen LogP contribution is -2.29. The summed E-state index contributed by atoms with van der Waals surface area (Å²) in [6, 6.07) is 8.40. The topological polar surface area (TPSA) is 30.5 Å². The van der Waals surface area contributed by atoms with Gasteiger partial charge in [-0.25, -0.2) is 0 Å². The molecule has 18 heavy (non-hydrogen) atoms. The number of likely N-dealkylation sites (N-methyl/N-ethyl adjacent to an activating group) is 1. The van der Waals surface area contributed by atoms with Crippen LogP contribution in [0.25, 0.3) is 0 Å². The van der Waals surface area contributed by atoms with Gasteiger partial charge in [0, 0.05) is 12.8 Å². The van der Waals surface area contributed by atoms with Crippen LogP contribution in [-0.4, -0.2) is 26.3 Å². The number of rotatable bonds is 6. The van der Waals surface area contributed by atoms with Crippen molar-refractivity contribution in [1.82, 2.24) is 5.32 Å². The van der Waals surface area contributed by atoms with E-state index in [0.29, 0.717) is 6.61 Å². The van der Waals surface area contributed by atoms with Crippen LogP contribution < -0.4 is 10.1 Å². The molecule has 0 aromatic heterocycles. The lowest BCUT2D eigenvalue weighted by Gasteiger charge is -2.17. The fraction of sp³-hybridized carbons (Fsp3) is 0.467. The first-order valence-corrected chi connectivity index (χ1v) is 6.49. The van der Waals surface area contributed by atoms with Gasteiger partial charge in [0.05, 0.1) is 19.3 Å². The zero-order chi connectivity index (χ0) is 12.8. The maximum absolute atomic E-state index is 5.76. The van der Waals surface area contributed by atoms with E-state index in [0.717, 1.165) is 31.0 Å². The van der Waals surface area contributed by atoms with Crippen molar-refractivity contribution in [2.45, 2.75) is 25.8 Å². The smallest absolute Gasteiger partial charge is 0.119 e. The fourth-order valence-corrected chi connectivity index (χ4v) is 2.11. The number of benzene rings is 1. The van der Waals surface area contributed by atoms with Crippen molar-refractivity contribution in [3.63, 3.8) is 0 Å². The molecule has 1 heterocycles. The minimum Gasteiger partial charge on any atom is -0.496 e. The third-order valence-corrected chi connectivity index (χ3v) is 3.09. The van der Waals surface area contributed by atoms with Crippen molar-refractivity contribution in [3.8, 4) is 5.75 Å². The van der Waals surface area contributed by atoms with Crippen LogP contribution >= 0.6 is 0 Å². The van der Waals surface area contributed by atoms with Gasteiger partial charge in [0.15, 0.2) is 0 Å². The summed E-state index contributed by atoms with van der Waals surface area (Å²) in [6.45, 7) is 3.57. The second kappa shape index (κ2) is 6.45. The Morgan fingerprint density at radius 1 is 1.44 bits per heavy atom. The lowest BCUT2D eigenvalue weighted by atomic mass is 10.1. The molecule has 0 saturated heterocycles. The molecule has 0 saturated carbocycles. The molecule has 1 aromatic rings. The van der Waals surface area contributed by atoms with Crippen molar-refractivity contribution < 1.29 is 9.47 Å². The average molecular weight is 247 g/mol. The number of nitrogens with one attached hydrogen (secondary N) is 1. The maximum atomic E-state index is 5.76. The monoisotopic (exact) mass is 247 g/mol. The summed E-state index contributed by atoms with van der Waals surface area (Å²) in [5.41, 5.74) is 1.22. The van der Waals surface area contributed by atoms with E-state index in [-0.39, 0.29) is 6.04 Å². The fourth-order valence-electron chi connectivity index (χ4n) is 2.11. The summed E-state index contributed by atoms with van der Waals surface area (Å²) in [5, 5.41) is 3.27. The highest BCUT2D eigenvalue weighted by atomic mass is 16.5. The van der Waals surface area contributed by atoms with E-state index in [1.54, 1.807) is 0 Å². The molecule has 0 spiro atoms. The molecule has 2 rings (SSSR count). The summed E-state index contributed by atoms with van der Waals surface area (Å²) < 4.78 is 11.3. The summed E-state index contributed by atoms with van der Waals surface area (Å²) in [5.74, 6) is 2.00. The Hall–Kier alpha value is -1.48. The van der Waals surface area contributed by atoms with Crippen LogP contribution in [0.15, 0.2) is 36.1 Å². The largest absolute Gasteiger partial charge is 0.496 e. The first-order chi connectivity index (χ1) is 8.79. The number of hydrogen-bond donors (Lipinski definition) is 1. The Balaban J connectivity index is 1.80. The third kappa shape index (κ3) is 3.50. The maximum Gasteiger partial charge on any atom is 0.119 e. The minimum atomic E-state index is 0.261. The van der Waals surface area contributed by atoms with Gasteiger partial charge in [-0.2, -0.15) is 0 Å². The third-order valence-electron chi connectivity index (χ3n) is 3.09. The Morgan fingerprint density at radius 2 is 2.33 bits per heavy atom. The Morgan fingerprint density at radius 3 is 3.00 bits per heavy atom. The zero-order valence-corrected chi connectivity index (χ0v) is 11.1. The Bertz CT molecular complexity index is 415. The van der Waals surface area contributed by atoms with Crippen LogP contribution in [0, 0.1) is 6.92 Å². The molecule has 0 fully saturated rings. The molecule has 98 valence electrons. The highest BCUT2D eigenvalue weighted by Crippen LogP contribution is 2.17. The Labute approximate surface area is 109 Å². The standard InChI is InChI=1S/C15H21NO2/c1-12-5-3-6-13(11-12)17-10-8-14(16-2)15-7-4-9-18-15/h3,5-7,11,14,16H,4,8-10H2,1-2H3. The molecular weight excluding hydrogens is 226 g/mol. The number of ether oxygens (including phenoxy) is 2. The van der Waals surface area contributed by atoms with Crippen molar-refractivity contribution in [3.05, 3.63) is 41.7 Å². The van der Waals surface area contributed by atoms with E-state index in [4.69, 9.17) is 9.47 Å². The molecule has 1 N–H and O–H groups in total. The van der Waals surface area contributed by atoms with Crippen LogP contribution in [0.4, 0.5) is 0 Å². The molecule has 1 atom stereocenters. The van der Waals surface area contributed by atoms with Gasteiger partial charge in [0.2, 0.25) is 0 Å². The van der Waals surface area contributed by atoms with Crippen LogP contribution in [0.2, 0.25) is 0 Å². The summed E-state index contributed by atoms with van der Waals surface area (Å²) in [4.78, 5) is 0. The molecule has 3 heteroatoms. The van der Waals surface area contributed by atoms with Crippen molar-refractivity contribution in [2.24, 2.45) is 0 Å². The number of aryl methyl sites for hydroxylation is 1. The first kappa shape index (κ1) is 13.0. The van der Waals surface area contributed by atoms with E-state index in [1.165, 1.54) is 5.56 Å². The average Bonchev–Trinajstić information content (AvgIpc) is 2.88. The quantitative estimate of drug-likeness (QED) is 0.838. The molecule has 3 nitrogen and oxygen atoms in total. The van der Waals surface area contributed by atoms with E-state index in [2.05, 4.69) is 30.4 Å². The normalized spacial score (nSPS) is 16.0. The highest BCUT2D eigenvalue weighted by Gasteiger charge is 2.16. The van der Waals surface area contributed by atoms with Crippen molar-refractivity contribution in [2.75, 3.05) is 20.3 Å². The molecule has 0 aliphatic carbocycles. The molecule has 1 aliphatic rings. The lowest BCUT2D eigenvalue weighted by molar-refractivity contribution is 0.202. The van der Waals surface area contributed by atoms with Crippen LogP contribution in [0.3, 0.4) is 0 Å². The van der Waals surface area contributed by atoms with Crippen molar-refractivity contribution in [1.29, 1.82) is 0 Å². The molecule has 1 aromatic carbocycles. The van der Waals surface area contributed by atoms with Gasteiger partial charge in [-0.05, 0) is 37.7 Å². The van der Waals surface area contributed by atoms with Crippen LogP contribution in [-0.2, 0) is 4.74 Å². The zero-order valence-electron chi connectivity index (χ0n) is 11.1. The molecular formula is C15H21NO2. The predicted octanol–water partition coefficient (Wildman–Crippen LogP) is 2.66. The Kier molecular flexibility index (Phi) is 4.65. The van der Waals surface area contributed by atoms with E-state index >= 15 is 0 Å². The molecule has 1 aliphatic heterocycles. The number of hydrogen-bond acceptors (Lipinski definition) is 3. The highest BCUT2D eigenvalue weighted by molar-refractivity contribution is 5.27. The van der Waals surface area contributed by atoms with Gasteiger partial charge in [-0.1, -0.05) is 12.1 Å². The van der Waals surface area contributed by atoms with Crippen LogP contribution in [0.1, 0.15) is 18.4 Å². The van der Waals surface area contributed by atoms with E-state index < -0.39 is 0 Å². The van der Waals surface area contributed by atoms with E-state index in [1.807, 2.05) is 19.2 Å². The molecule has 0 bridgehead atoms. The predicted molar refractivity (Wildman–Crippen MR) is 72.8 cm³/mol. The summed E-state index contributed by atoms with van der Waals surface area (Å²) in [6.07, 6.45) is 4.09. The van der Waals surface area contributed by atoms with E-state index in [9.17, 15) is 0 Å². The SMILES string of the molecule is CNC(CCOc1cccc(C)c1)C1=CCCO1. The first-order valence-electron chi connectivity index (χ1n) is 6.49. The molecule has 0 amide bonds. The van der Waals surface area contributed by atoms with Crippen LogP contribution in [0.5, 0.6) is 5.75 Å². The summed E-state index contributed by atoms with van der Waals surface area (Å²) in [7, 11) is 1.96. The molecule has 0 radical (unpaired) electrons. The van der Waals surface area contributed by atoms with Gasteiger partial charge in [-0.3, -0.25) is 0 Å².